The van der Waals surface area contributed by atoms with E-state index in [1.54, 1.807) is 18.3 Å². The number of piperazine rings is 1. The van der Waals surface area contributed by atoms with Gasteiger partial charge in [-0.25, -0.2) is 13.4 Å². The van der Waals surface area contributed by atoms with Crippen molar-refractivity contribution >= 4 is 16.0 Å². The molecule has 0 bridgehead atoms. The SMILES string of the molecule is CCc1nnc(N2CCN(S(=O)(=O)c3cccnc3)CC2)nc1CC. The molecule has 1 aliphatic heterocycles. The van der Waals surface area contributed by atoms with Crippen molar-refractivity contribution in [2.75, 3.05) is 31.1 Å². The molecule has 0 saturated carbocycles. The molecule has 0 N–H and O–H groups in total. The molecule has 0 aromatic carbocycles. The van der Waals surface area contributed by atoms with E-state index in [1.165, 1.54) is 10.5 Å². The number of pyridine rings is 1. The van der Waals surface area contributed by atoms with Crippen molar-refractivity contribution in [3.05, 3.63) is 35.9 Å². The van der Waals surface area contributed by atoms with Crippen LogP contribution in [0, 0.1) is 0 Å². The lowest BCUT2D eigenvalue weighted by Crippen LogP contribution is -2.49. The zero-order valence-corrected chi connectivity index (χ0v) is 15.3. The van der Waals surface area contributed by atoms with Gasteiger partial charge in [-0.3, -0.25) is 4.98 Å². The van der Waals surface area contributed by atoms with E-state index in [0.29, 0.717) is 32.1 Å². The molecule has 0 atom stereocenters. The molecular weight excluding hydrogens is 340 g/mol. The number of aromatic nitrogens is 4. The van der Waals surface area contributed by atoms with Gasteiger partial charge in [0.15, 0.2) is 0 Å². The lowest BCUT2D eigenvalue weighted by atomic mass is 10.2. The number of anilines is 1. The Bertz CT molecular complexity index is 820. The molecule has 0 aliphatic carbocycles. The van der Waals surface area contributed by atoms with Gasteiger partial charge >= 0.3 is 0 Å². The Hall–Kier alpha value is -2.13. The summed E-state index contributed by atoms with van der Waals surface area (Å²) in [5.74, 6) is 0.576. The van der Waals surface area contributed by atoms with Crippen molar-refractivity contribution in [2.45, 2.75) is 31.6 Å². The first-order valence-electron chi connectivity index (χ1n) is 8.43. The van der Waals surface area contributed by atoms with E-state index in [1.807, 2.05) is 18.7 Å². The monoisotopic (exact) mass is 362 g/mol. The van der Waals surface area contributed by atoms with E-state index in [4.69, 9.17) is 0 Å². The summed E-state index contributed by atoms with van der Waals surface area (Å²) in [5, 5.41) is 8.48. The normalized spacial score (nSPS) is 16.2. The largest absolute Gasteiger partial charge is 0.337 e. The van der Waals surface area contributed by atoms with Crippen molar-refractivity contribution in [3.8, 4) is 0 Å². The topological polar surface area (TPSA) is 92.2 Å². The fourth-order valence-electron chi connectivity index (χ4n) is 2.84. The smallest absolute Gasteiger partial charge is 0.245 e. The summed E-state index contributed by atoms with van der Waals surface area (Å²) in [7, 11) is -3.50. The molecule has 1 saturated heterocycles. The second-order valence-corrected chi connectivity index (χ2v) is 7.73. The summed E-state index contributed by atoms with van der Waals surface area (Å²) in [6, 6.07) is 3.20. The van der Waals surface area contributed by atoms with Crippen LogP contribution < -0.4 is 4.90 Å². The minimum Gasteiger partial charge on any atom is -0.337 e. The highest BCUT2D eigenvalue weighted by Gasteiger charge is 2.29. The first-order chi connectivity index (χ1) is 12.1. The van der Waals surface area contributed by atoms with Crippen molar-refractivity contribution in [1.82, 2.24) is 24.5 Å². The van der Waals surface area contributed by atoms with E-state index in [-0.39, 0.29) is 4.90 Å². The first-order valence-corrected chi connectivity index (χ1v) is 9.87. The highest BCUT2D eigenvalue weighted by Crippen LogP contribution is 2.19. The Labute approximate surface area is 148 Å². The Morgan fingerprint density at radius 2 is 1.76 bits per heavy atom. The van der Waals surface area contributed by atoms with Crippen LogP contribution in [0.25, 0.3) is 0 Å². The molecule has 9 heteroatoms. The molecular formula is C16H22N6O2S. The van der Waals surface area contributed by atoms with Crippen molar-refractivity contribution in [2.24, 2.45) is 0 Å². The van der Waals surface area contributed by atoms with Gasteiger partial charge in [-0.2, -0.15) is 9.40 Å². The van der Waals surface area contributed by atoms with Crippen molar-refractivity contribution in [3.63, 3.8) is 0 Å². The predicted molar refractivity (Wildman–Crippen MR) is 93.8 cm³/mol. The molecule has 3 heterocycles. The summed E-state index contributed by atoms with van der Waals surface area (Å²) in [5.41, 5.74) is 1.88. The lowest BCUT2D eigenvalue weighted by molar-refractivity contribution is 0.381. The average Bonchev–Trinajstić information content (AvgIpc) is 2.68. The van der Waals surface area contributed by atoms with Gasteiger partial charge in [-0.05, 0) is 25.0 Å². The maximum atomic E-state index is 12.6. The number of aryl methyl sites for hydroxylation is 2. The van der Waals surface area contributed by atoms with Gasteiger partial charge in [0.25, 0.3) is 0 Å². The van der Waals surface area contributed by atoms with Crippen LogP contribution in [-0.4, -0.2) is 59.1 Å². The molecule has 8 nitrogen and oxygen atoms in total. The second-order valence-electron chi connectivity index (χ2n) is 5.79. The molecule has 2 aromatic heterocycles. The Morgan fingerprint density at radius 3 is 2.36 bits per heavy atom. The van der Waals surface area contributed by atoms with Crippen molar-refractivity contribution in [1.29, 1.82) is 0 Å². The lowest BCUT2D eigenvalue weighted by Gasteiger charge is -2.33. The molecule has 1 aliphatic rings. The number of hydrogen-bond acceptors (Lipinski definition) is 7. The van der Waals surface area contributed by atoms with Gasteiger partial charge in [-0.15, -0.1) is 5.10 Å². The van der Waals surface area contributed by atoms with Gasteiger partial charge in [0.2, 0.25) is 16.0 Å². The molecule has 0 amide bonds. The molecule has 0 spiro atoms. The molecule has 0 unspecified atom stereocenters. The summed E-state index contributed by atoms with van der Waals surface area (Å²) in [6.45, 7) is 5.93. The van der Waals surface area contributed by atoms with Crippen LogP contribution in [0.5, 0.6) is 0 Å². The van der Waals surface area contributed by atoms with Crippen LogP contribution in [0.1, 0.15) is 25.2 Å². The fourth-order valence-corrected chi connectivity index (χ4v) is 4.23. The average molecular weight is 362 g/mol. The summed E-state index contributed by atoms with van der Waals surface area (Å²) in [6.07, 6.45) is 4.56. The van der Waals surface area contributed by atoms with E-state index in [9.17, 15) is 8.42 Å². The van der Waals surface area contributed by atoms with Crippen molar-refractivity contribution < 1.29 is 8.42 Å². The number of hydrogen-bond donors (Lipinski definition) is 0. The predicted octanol–water partition coefficient (Wildman–Crippen LogP) is 0.902. The van der Waals surface area contributed by atoms with Crippen LogP contribution in [-0.2, 0) is 22.9 Å². The Morgan fingerprint density at radius 1 is 1.04 bits per heavy atom. The summed E-state index contributed by atoms with van der Waals surface area (Å²) in [4.78, 5) is 10.7. The van der Waals surface area contributed by atoms with E-state index in [2.05, 4.69) is 20.2 Å². The fraction of sp³-hybridized carbons (Fsp3) is 0.500. The van der Waals surface area contributed by atoms with E-state index >= 15 is 0 Å². The van der Waals surface area contributed by atoms with Crippen LogP contribution in [0.15, 0.2) is 29.4 Å². The van der Waals surface area contributed by atoms with Gasteiger partial charge in [0.05, 0.1) is 11.4 Å². The number of nitrogens with zero attached hydrogens (tertiary/aromatic N) is 6. The van der Waals surface area contributed by atoms with Gasteiger partial charge in [-0.1, -0.05) is 13.8 Å². The highest BCUT2D eigenvalue weighted by molar-refractivity contribution is 7.89. The Balaban J connectivity index is 1.72. The second kappa shape index (κ2) is 7.40. The molecule has 2 aromatic rings. The third-order valence-corrected chi connectivity index (χ3v) is 6.17. The van der Waals surface area contributed by atoms with Crippen LogP contribution in [0.3, 0.4) is 0 Å². The standard InChI is InChI=1S/C16H22N6O2S/c1-3-14-15(4-2)19-20-16(18-14)21-8-10-22(11-9-21)25(23,24)13-6-5-7-17-12-13/h5-7,12H,3-4,8-11H2,1-2H3. The van der Waals surface area contributed by atoms with Crippen LogP contribution in [0.4, 0.5) is 5.95 Å². The molecule has 3 rings (SSSR count). The van der Waals surface area contributed by atoms with Gasteiger partial charge in [0.1, 0.15) is 4.90 Å². The third kappa shape index (κ3) is 3.62. The zero-order valence-electron chi connectivity index (χ0n) is 14.5. The van der Waals surface area contributed by atoms with Crippen LogP contribution in [0.2, 0.25) is 0 Å². The minimum absolute atomic E-state index is 0.224. The quantitative estimate of drug-likeness (QED) is 0.780. The minimum atomic E-state index is -3.50. The Kier molecular flexibility index (Phi) is 5.24. The number of sulfonamides is 1. The van der Waals surface area contributed by atoms with E-state index < -0.39 is 10.0 Å². The molecule has 0 radical (unpaired) electrons. The molecule has 1 fully saturated rings. The molecule has 134 valence electrons. The van der Waals surface area contributed by atoms with Gasteiger partial charge in [0, 0.05) is 38.6 Å². The summed E-state index contributed by atoms with van der Waals surface area (Å²) >= 11 is 0. The summed E-state index contributed by atoms with van der Waals surface area (Å²) < 4.78 is 26.8. The number of rotatable bonds is 5. The zero-order chi connectivity index (χ0) is 17.9. The third-order valence-electron chi connectivity index (χ3n) is 4.29. The molecule has 25 heavy (non-hydrogen) atoms. The van der Waals surface area contributed by atoms with Gasteiger partial charge < -0.3 is 4.90 Å². The maximum absolute atomic E-state index is 12.6. The van der Waals surface area contributed by atoms with E-state index in [0.717, 1.165) is 24.2 Å². The first kappa shape index (κ1) is 17.7. The maximum Gasteiger partial charge on any atom is 0.245 e. The van der Waals surface area contributed by atoms with Crippen LogP contribution >= 0.6 is 0 Å². The highest BCUT2D eigenvalue weighted by atomic mass is 32.2.